The van der Waals surface area contributed by atoms with Crippen molar-refractivity contribution < 1.29 is 23.9 Å². The average molecular weight is 701 g/mol. The van der Waals surface area contributed by atoms with Crippen molar-refractivity contribution in [2.75, 3.05) is 33.9 Å². The maximum atomic E-state index is 14.4. The van der Waals surface area contributed by atoms with Gasteiger partial charge in [0.1, 0.15) is 0 Å². The summed E-state index contributed by atoms with van der Waals surface area (Å²) in [6.07, 6.45) is 12.9. The first-order valence-electron chi connectivity index (χ1n) is 19.7. The standard InChI is InChI=1S/C44H64N2O5/c1-28(2)31-16-22-44(39(49)46-27-26-45-25-19-36(47)50-8)24-23-42(6)33(37(31)44)14-15-35-41(5)20-17-32(29-10-12-30(13-11-29)38(48)51-9)40(3,4)34(41)18-21-43(35,42)7/h10-13,17,31,33-35,37,45H,1,14-16,18-27H2,2-9H3,(H,46,49). The average Bonchev–Trinajstić information content (AvgIpc) is 3.51. The third-order valence-corrected chi connectivity index (χ3v) is 16.0. The van der Waals surface area contributed by atoms with Gasteiger partial charge in [-0.15, -0.1) is 0 Å². The Labute approximate surface area is 307 Å². The molecular weight excluding hydrogens is 636 g/mol. The number of amides is 1. The van der Waals surface area contributed by atoms with Crippen LogP contribution in [0.25, 0.3) is 5.57 Å². The Morgan fingerprint density at radius 3 is 2.22 bits per heavy atom. The van der Waals surface area contributed by atoms with Gasteiger partial charge in [-0.3, -0.25) is 9.59 Å². The maximum Gasteiger partial charge on any atom is 0.337 e. The van der Waals surface area contributed by atoms with Crippen LogP contribution in [0, 0.1) is 56.7 Å². The lowest BCUT2D eigenvalue weighted by Gasteiger charge is -2.72. The summed E-state index contributed by atoms with van der Waals surface area (Å²) in [6, 6.07) is 8.02. The maximum absolute atomic E-state index is 14.4. The number of nitrogens with one attached hydrogen (secondary N) is 2. The third-order valence-electron chi connectivity index (χ3n) is 16.0. The molecule has 4 saturated carbocycles. The van der Waals surface area contributed by atoms with Gasteiger partial charge >= 0.3 is 11.9 Å². The molecule has 2 N–H and O–H groups in total. The van der Waals surface area contributed by atoms with Crippen LogP contribution in [-0.4, -0.2) is 51.7 Å². The highest BCUT2D eigenvalue weighted by atomic mass is 16.5. The number of carbonyl (C=O) groups is 3. The van der Waals surface area contributed by atoms with Crippen LogP contribution in [0.5, 0.6) is 0 Å². The Morgan fingerprint density at radius 2 is 1.55 bits per heavy atom. The minimum atomic E-state index is -0.335. The molecule has 0 aliphatic heterocycles. The first-order chi connectivity index (χ1) is 24.1. The van der Waals surface area contributed by atoms with E-state index in [0.29, 0.717) is 61.2 Å². The van der Waals surface area contributed by atoms with Crippen LogP contribution < -0.4 is 10.6 Å². The van der Waals surface area contributed by atoms with E-state index in [9.17, 15) is 14.4 Å². The summed E-state index contributed by atoms with van der Waals surface area (Å²) in [4.78, 5) is 38.0. The summed E-state index contributed by atoms with van der Waals surface area (Å²) >= 11 is 0. The van der Waals surface area contributed by atoms with Gasteiger partial charge in [-0.1, -0.05) is 65.0 Å². The van der Waals surface area contributed by atoms with E-state index in [4.69, 9.17) is 9.47 Å². The molecule has 0 heterocycles. The van der Waals surface area contributed by atoms with Crippen molar-refractivity contribution in [3.8, 4) is 0 Å². The van der Waals surface area contributed by atoms with Gasteiger partial charge in [-0.05, 0) is 139 Å². The molecule has 1 amide bonds. The molecule has 5 aliphatic carbocycles. The first-order valence-corrected chi connectivity index (χ1v) is 19.7. The predicted octanol–water partition coefficient (Wildman–Crippen LogP) is 8.39. The second-order valence-corrected chi connectivity index (χ2v) is 18.3. The van der Waals surface area contributed by atoms with Crippen molar-refractivity contribution in [3.63, 3.8) is 0 Å². The zero-order valence-corrected chi connectivity index (χ0v) is 32.7. The van der Waals surface area contributed by atoms with Crippen LogP contribution in [0.15, 0.2) is 42.5 Å². The molecule has 6 rings (SSSR count). The van der Waals surface area contributed by atoms with Crippen molar-refractivity contribution in [2.45, 2.75) is 106 Å². The van der Waals surface area contributed by atoms with Crippen LogP contribution in [0.4, 0.5) is 0 Å². The highest BCUT2D eigenvalue weighted by Gasteiger charge is 2.71. The van der Waals surface area contributed by atoms with Gasteiger partial charge in [-0.2, -0.15) is 0 Å². The lowest BCUT2D eigenvalue weighted by molar-refractivity contribution is -0.225. The number of methoxy groups -OCH3 is 2. The Balaban J connectivity index is 1.24. The molecule has 280 valence electrons. The number of allylic oxidation sites excluding steroid dienone is 3. The number of hydrogen-bond donors (Lipinski definition) is 2. The van der Waals surface area contributed by atoms with E-state index in [1.807, 2.05) is 12.1 Å². The summed E-state index contributed by atoms with van der Waals surface area (Å²) in [5, 5.41) is 6.64. The van der Waals surface area contributed by atoms with Crippen LogP contribution in [-0.2, 0) is 19.1 Å². The molecule has 4 fully saturated rings. The van der Waals surface area contributed by atoms with Gasteiger partial charge in [-0.25, -0.2) is 4.79 Å². The molecular formula is C44H64N2O5. The number of rotatable bonds is 10. The Hall–Kier alpha value is -2.93. The number of benzene rings is 1. The van der Waals surface area contributed by atoms with Gasteiger partial charge in [0.25, 0.3) is 0 Å². The minimum absolute atomic E-state index is 0.00331. The van der Waals surface area contributed by atoms with E-state index in [2.05, 4.69) is 77.0 Å². The fourth-order valence-corrected chi connectivity index (χ4v) is 13.4. The molecule has 0 spiro atoms. The molecule has 1 aromatic rings. The minimum Gasteiger partial charge on any atom is -0.469 e. The van der Waals surface area contributed by atoms with Crippen LogP contribution >= 0.6 is 0 Å². The second kappa shape index (κ2) is 13.8. The van der Waals surface area contributed by atoms with Crippen molar-refractivity contribution in [1.82, 2.24) is 10.6 Å². The van der Waals surface area contributed by atoms with Crippen molar-refractivity contribution in [3.05, 3.63) is 53.6 Å². The van der Waals surface area contributed by atoms with Crippen molar-refractivity contribution in [1.29, 1.82) is 0 Å². The molecule has 0 radical (unpaired) electrons. The fourth-order valence-electron chi connectivity index (χ4n) is 13.4. The van der Waals surface area contributed by atoms with Crippen LogP contribution in [0.3, 0.4) is 0 Å². The summed E-state index contributed by atoms with van der Waals surface area (Å²) in [7, 11) is 2.84. The van der Waals surface area contributed by atoms with Gasteiger partial charge in [0, 0.05) is 19.6 Å². The molecule has 0 aromatic heterocycles. The fraction of sp³-hybridized carbons (Fsp3) is 0.705. The molecule has 7 nitrogen and oxygen atoms in total. The van der Waals surface area contributed by atoms with E-state index in [-0.39, 0.29) is 44.9 Å². The highest BCUT2D eigenvalue weighted by Crippen LogP contribution is 2.77. The summed E-state index contributed by atoms with van der Waals surface area (Å²) in [6.45, 7) is 21.3. The Bertz CT molecular complexity index is 1560. The number of carbonyl (C=O) groups excluding carboxylic acids is 3. The second-order valence-electron chi connectivity index (χ2n) is 18.3. The van der Waals surface area contributed by atoms with Crippen LogP contribution in [0.2, 0.25) is 0 Å². The number of fused-ring (bicyclic) bond motifs is 7. The van der Waals surface area contributed by atoms with Crippen molar-refractivity contribution in [2.24, 2.45) is 56.7 Å². The lowest BCUT2D eigenvalue weighted by atomic mass is 9.32. The van der Waals surface area contributed by atoms with Gasteiger partial charge in [0.15, 0.2) is 0 Å². The molecule has 0 saturated heterocycles. The van der Waals surface area contributed by atoms with E-state index >= 15 is 0 Å². The SMILES string of the molecule is C=C(C)C1CCC2(C(=O)NCCNCCC(=O)OC)CCC3(C)C(CCC4C5(C)CC=C(c6ccc(C(=O)OC)cc6)C(C)(C)C5CCC43C)C12. The quantitative estimate of drug-likeness (QED) is 0.145. The Kier molecular flexibility index (Phi) is 10.2. The monoisotopic (exact) mass is 700 g/mol. The Morgan fingerprint density at radius 1 is 0.824 bits per heavy atom. The third kappa shape index (κ3) is 5.92. The number of hydrogen-bond acceptors (Lipinski definition) is 6. The largest absolute Gasteiger partial charge is 0.469 e. The predicted molar refractivity (Wildman–Crippen MR) is 203 cm³/mol. The molecule has 5 aliphatic rings. The zero-order valence-electron chi connectivity index (χ0n) is 32.7. The first kappa shape index (κ1) is 37.8. The van der Waals surface area contributed by atoms with Crippen molar-refractivity contribution >= 4 is 23.4 Å². The molecule has 0 bridgehead atoms. The van der Waals surface area contributed by atoms with Crippen LogP contribution in [0.1, 0.15) is 122 Å². The molecule has 51 heavy (non-hydrogen) atoms. The van der Waals surface area contributed by atoms with E-state index in [1.165, 1.54) is 56.6 Å². The smallest absolute Gasteiger partial charge is 0.337 e. The lowest BCUT2D eigenvalue weighted by Crippen LogP contribution is -2.66. The molecule has 9 unspecified atom stereocenters. The number of ether oxygens (including phenoxy) is 2. The summed E-state index contributed by atoms with van der Waals surface area (Å²) in [5.74, 6) is 2.11. The topological polar surface area (TPSA) is 93.7 Å². The highest BCUT2D eigenvalue weighted by molar-refractivity contribution is 5.90. The van der Waals surface area contributed by atoms with E-state index in [1.54, 1.807) is 0 Å². The zero-order chi connectivity index (χ0) is 37.0. The summed E-state index contributed by atoms with van der Waals surface area (Å²) < 4.78 is 9.70. The molecule has 9 atom stereocenters. The van der Waals surface area contributed by atoms with Gasteiger partial charge < -0.3 is 20.1 Å². The molecule has 7 heteroatoms. The van der Waals surface area contributed by atoms with Gasteiger partial charge in [0.2, 0.25) is 5.91 Å². The molecule has 1 aromatic carbocycles. The van der Waals surface area contributed by atoms with Gasteiger partial charge in [0.05, 0.1) is 31.6 Å². The summed E-state index contributed by atoms with van der Waals surface area (Å²) in [5.41, 5.74) is 4.67. The normalized spacial score (nSPS) is 37.8. The van der Waals surface area contributed by atoms with E-state index in [0.717, 1.165) is 32.1 Å². The number of esters is 2. The van der Waals surface area contributed by atoms with E-state index < -0.39 is 0 Å².